The fourth-order valence-electron chi connectivity index (χ4n) is 3.08. The summed E-state index contributed by atoms with van der Waals surface area (Å²) in [4.78, 5) is 25.6. The molecule has 1 aromatic rings. The Morgan fingerprint density at radius 1 is 1.20 bits per heavy atom. The second-order valence-electron chi connectivity index (χ2n) is 6.46. The molecule has 0 atom stereocenters. The van der Waals surface area contributed by atoms with Crippen LogP contribution in [0.15, 0.2) is 18.2 Å². The quantitative estimate of drug-likeness (QED) is 0.790. The zero-order valence-electron chi connectivity index (χ0n) is 14.4. The number of nitrogens with zero attached hydrogens (tertiary/aromatic N) is 3. The molecule has 1 N–H and O–H groups in total. The van der Waals surface area contributed by atoms with Crippen molar-refractivity contribution in [1.82, 2.24) is 13.5 Å². The van der Waals surface area contributed by atoms with Crippen molar-refractivity contribution in [3.05, 3.63) is 29.3 Å². The number of carbonyl (C=O) groups is 2. The normalized spacial score (nSPS) is 18.4. The molecule has 25 heavy (non-hydrogen) atoms. The van der Waals surface area contributed by atoms with E-state index < -0.39 is 10.2 Å². The molecule has 2 heterocycles. The van der Waals surface area contributed by atoms with E-state index in [1.807, 2.05) is 18.2 Å². The van der Waals surface area contributed by atoms with Crippen LogP contribution in [0.4, 0.5) is 5.69 Å². The fraction of sp³-hybridized carbons (Fsp3) is 0.500. The number of benzene rings is 1. The van der Waals surface area contributed by atoms with Crippen LogP contribution in [0.1, 0.15) is 11.1 Å². The van der Waals surface area contributed by atoms with Crippen molar-refractivity contribution >= 4 is 27.7 Å². The average molecular weight is 366 g/mol. The molecule has 0 aromatic heterocycles. The number of piperazine rings is 1. The largest absolute Gasteiger partial charge is 0.340 e. The standard InChI is InChI=1S/C16H22N4O4S/c1-18(2)25(23,24)20-7-5-19(6-8-20)16(22)10-12-3-4-14-13(9-12)11-15(21)17-14/h3-4,9H,5-8,10-11H2,1-2H3,(H,17,21). The third-order valence-corrected chi connectivity index (χ3v) is 6.47. The molecule has 8 nitrogen and oxygen atoms in total. The molecular formula is C16H22N4O4S. The number of nitrogens with one attached hydrogen (secondary N) is 1. The van der Waals surface area contributed by atoms with E-state index in [-0.39, 0.29) is 18.2 Å². The van der Waals surface area contributed by atoms with Crippen molar-refractivity contribution in [3.8, 4) is 0 Å². The Labute approximate surface area is 147 Å². The summed E-state index contributed by atoms with van der Waals surface area (Å²) < 4.78 is 26.8. The van der Waals surface area contributed by atoms with Crippen LogP contribution >= 0.6 is 0 Å². The van der Waals surface area contributed by atoms with Crippen LogP contribution in [0.3, 0.4) is 0 Å². The number of carbonyl (C=O) groups excluding carboxylic acids is 2. The van der Waals surface area contributed by atoms with Gasteiger partial charge in [0.15, 0.2) is 0 Å². The zero-order valence-corrected chi connectivity index (χ0v) is 15.2. The molecule has 1 aromatic carbocycles. The minimum atomic E-state index is -3.43. The minimum Gasteiger partial charge on any atom is -0.340 e. The van der Waals surface area contributed by atoms with Gasteiger partial charge in [-0.05, 0) is 17.2 Å². The number of anilines is 1. The second kappa shape index (κ2) is 6.74. The van der Waals surface area contributed by atoms with E-state index in [0.29, 0.717) is 32.6 Å². The average Bonchev–Trinajstić information content (AvgIpc) is 2.94. The maximum absolute atomic E-state index is 12.5. The first-order chi connectivity index (χ1) is 11.8. The molecule has 3 rings (SSSR count). The van der Waals surface area contributed by atoms with Crippen molar-refractivity contribution in [2.75, 3.05) is 45.6 Å². The maximum Gasteiger partial charge on any atom is 0.281 e. The van der Waals surface area contributed by atoms with Gasteiger partial charge in [-0.1, -0.05) is 12.1 Å². The topological polar surface area (TPSA) is 90.0 Å². The highest BCUT2D eigenvalue weighted by Gasteiger charge is 2.30. The van der Waals surface area contributed by atoms with Gasteiger partial charge in [0.1, 0.15) is 0 Å². The van der Waals surface area contributed by atoms with E-state index in [1.165, 1.54) is 22.7 Å². The monoisotopic (exact) mass is 366 g/mol. The van der Waals surface area contributed by atoms with Crippen LogP contribution < -0.4 is 5.32 Å². The van der Waals surface area contributed by atoms with Gasteiger partial charge in [0.25, 0.3) is 10.2 Å². The molecule has 0 unspecified atom stereocenters. The Morgan fingerprint density at radius 3 is 2.52 bits per heavy atom. The van der Waals surface area contributed by atoms with Crippen LogP contribution in [0.2, 0.25) is 0 Å². The second-order valence-corrected chi connectivity index (χ2v) is 8.61. The first-order valence-electron chi connectivity index (χ1n) is 8.14. The van der Waals surface area contributed by atoms with E-state index in [0.717, 1.165) is 16.8 Å². The van der Waals surface area contributed by atoms with Crippen molar-refractivity contribution in [1.29, 1.82) is 0 Å². The lowest BCUT2D eigenvalue weighted by Crippen LogP contribution is -2.53. The Kier molecular flexibility index (Phi) is 4.81. The first kappa shape index (κ1) is 17.8. The van der Waals surface area contributed by atoms with E-state index in [4.69, 9.17) is 0 Å². The van der Waals surface area contributed by atoms with Gasteiger partial charge >= 0.3 is 0 Å². The SMILES string of the molecule is CN(C)S(=O)(=O)N1CCN(C(=O)Cc2ccc3c(c2)CC(=O)N3)CC1. The van der Waals surface area contributed by atoms with Crippen molar-refractivity contribution in [2.45, 2.75) is 12.8 Å². The van der Waals surface area contributed by atoms with Gasteiger partial charge in [-0.25, -0.2) is 0 Å². The summed E-state index contributed by atoms with van der Waals surface area (Å²) in [5.41, 5.74) is 2.59. The molecule has 9 heteroatoms. The Balaban J connectivity index is 1.59. The van der Waals surface area contributed by atoms with Gasteiger partial charge in [-0.3, -0.25) is 9.59 Å². The lowest BCUT2D eigenvalue weighted by molar-refractivity contribution is -0.131. The van der Waals surface area contributed by atoms with E-state index >= 15 is 0 Å². The summed E-state index contributed by atoms with van der Waals surface area (Å²) >= 11 is 0. The summed E-state index contributed by atoms with van der Waals surface area (Å²) in [7, 11) is -0.430. The molecular weight excluding hydrogens is 344 g/mol. The molecule has 0 aliphatic carbocycles. The van der Waals surface area contributed by atoms with E-state index in [2.05, 4.69) is 5.32 Å². The highest BCUT2D eigenvalue weighted by atomic mass is 32.2. The lowest BCUT2D eigenvalue weighted by atomic mass is 10.1. The predicted octanol–water partition coefficient (Wildman–Crippen LogP) is -0.326. The number of amides is 2. The summed E-state index contributed by atoms with van der Waals surface area (Å²) in [6, 6.07) is 5.55. The number of rotatable bonds is 4. The summed E-state index contributed by atoms with van der Waals surface area (Å²) in [6.07, 6.45) is 0.598. The van der Waals surface area contributed by atoms with Crippen LogP contribution in [0.5, 0.6) is 0 Å². The van der Waals surface area contributed by atoms with Gasteiger partial charge in [0, 0.05) is 46.0 Å². The molecule has 0 saturated carbocycles. The highest BCUT2D eigenvalue weighted by Crippen LogP contribution is 2.24. The van der Waals surface area contributed by atoms with Crippen LogP contribution in [-0.4, -0.2) is 74.0 Å². The smallest absolute Gasteiger partial charge is 0.281 e. The fourth-order valence-corrected chi connectivity index (χ4v) is 4.16. The van der Waals surface area contributed by atoms with E-state index in [9.17, 15) is 18.0 Å². The zero-order chi connectivity index (χ0) is 18.2. The van der Waals surface area contributed by atoms with Gasteiger partial charge in [-0.15, -0.1) is 0 Å². The molecule has 0 spiro atoms. The predicted molar refractivity (Wildman–Crippen MR) is 93.2 cm³/mol. The van der Waals surface area contributed by atoms with Crippen LogP contribution in [0, 0.1) is 0 Å². The third kappa shape index (κ3) is 3.68. The Hall–Kier alpha value is -1.97. The summed E-state index contributed by atoms with van der Waals surface area (Å²) in [5.74, 6) is -0.0594. The van der Waals surface area contributed by atoms with Crippen molar-refractivity contribution < 1.29 is 18.0 Å². The van der Waals surface area contributed by atoms with Gasteiger partial charge in [0.2, 0.25) is 11.8 Å². The molecule has 2 aliphatic heterocycles. The van der Waals surface area contributed by atoms with Crippen LogP contribution in [0.25, 0.3) is 0 Å². The molecule has 2 aliphatic rings. The van der Waals surface area contributed by atoms with Gasteiger partial charge in [-0.2, -0.15) is 17.0 Å². The maximum atomic E-state index is 12.5. The Morgan fingerprint density at radius 2 is 1.88 bits per heavy atom. The number of fused-ring (bicyclic) bond motifs is 1. The highest BCUT2D eigenvalue weighted by molar-refractivity contribution is 7.86. The molecule has 0 bridgehead atoms. The number of hydrogen-bond acceptors (Lipinski definition) is 4. The lowest BCUT2D eigenvalue weighted by Gasteiger charge is -2.35. The van der Waals surface area contributed by atoms with Crippen molar-refractivity contribution in [3.63, 3.8) is 0 Å². The summed E-state index contributed by atoms with van der Waals surface area (Å²) in [5, 5.41) is 2.77. The van der Waals surface area contributed by atoms with Crippen LogP contribution in [-0.2, 0) is 32.6 Å². The molecule has 136 valence electrons. The molecule has 0 radical (unpaired) electrons. The van der Waals surface area contributed by atoms with E-state index in [1.54, 1.807) is 4.90 Å². The molecule has 1 fully saturated rings. The first-order valence-corrected chi connectivity index (χ1v) is 9.54. The summed E-state index contributed by atoms with van der Waals surface area (Å²) in [6.45, 7) is 1.37. The Bertz CT molecular complexity index is 798. The van der Waals surface area contributed by atoms with Gasteiger partial charge in [0.05, 0.1) is 12.8 Å². The third-order valence-electron chi connectivity index (χ3n) is 4.53. The van der Waals surface area contributed by atoms with Crippen molar-refractivity contribution in [2.24, 2.45) is 0 Å². The minimum absolute atomic E-state index is 0.0286. The van der Waals surface area contributed by atoms with Gasteiger partial charge < -0.3 is 10.2 Å². The molecule has 1 saturated heterocycles. The molecule has 2 amide bonds. The number of hydrogen-bond donors (Lipinski definition) is 1.